The van der Waals surface area contributed by atoms with Crippen molar-refractivity contribution in [3.05, 3.63) is 53.0 Å². The molecule has 0 aliphatic carbocycles. The number of aromatic nitrogens is 3. The second-order valence-electron chi connectivity index (χ2n) is 7.43. The molecule has 9 heteroatoms. The van der Waals surface area contributed by atoms with E-state index in [4.69, 9.17) is 0 Å². The van der Waals surface area contributed by atoms with Gasteiger partial charge in [-0.1, -0.05) is 23.5 Å². The highest BCUT2D eigenvalue weighted by atomic mass is 32.2. The zero-order valence-electron chi connectivity index (χ0n) is 17.3. The predicted molar refractivity (Wildman–Crippen MR) is 123 cm³/mol. The van der Waals surface area contributed by atoms with E-state index < -0.39 is 12.5 Å². The number of rotatable bonds is 7. The Morgan fingerprint density at radius 3 is 2.71 bits per heavy atom. The molecule has 0 atom stereocenters. The molecule has 4 rings (SSSR count). The minimum atomic E-state index is -2.86. The van der Waals surface area contributed by atoms with Gasteiger partial charge in [-0.25, -0.2) is 8.78 Å². The number of hydrogen-bond acceptors (Lipinski definition) is 6. The van der Waals surface area contributed by atoms with Gasteiger partial charge in [-0.15, -0.1) is 22.0 Å². The van der Waals surface area contributed by atoms with Crippen LogP contribution >= 0.6 is 23.1 Å². The molecule has 2 N–H and O–H groups in total. The van der Waals surface area contributed by atoms with Crippen molar-refractivity contribution in [2.24, 2.45) is 0 Å². The van der Waals surface area contributed by atoms with E-state index in [9.17, 15) is 13.9 Å². The third kappa shape index (κ3) is 4.67. The van der Waals surface area contributed by atoms with Crippen molar-refractivity contribution >= 4 is 39.7 Å². The second kappa shape index (κ2) is 8.47. The topological polar surface area (TPSA) is 63.0 Å². The van der Waals surface area contributed by atoms with Gasteiger partial charge in [0.25, 0.3) is 5.92 Å². The summed E-state index contributed by atoms with van der Waals surface area (Å²) in [5, 5.41) is 24.0. The first kappa shape index (κ1) is 21.6. The van der Waals surface area contributed by atoms with Crippen LogP contribution in [0.25, 0.3) is 21.6 Å². The van der Waals surface area contributed by atoms with Crippen molar-refractivity contribution in [3.63, 3.8) is 0 Å². The Morgan fingerprint density at radius 2 is 2.00 bits per heavy atom. The number of thioether (sulfide) groups is 1. The number of nitrogens with one attached hydrogen (secondary N) is 1. The maximum absolute atomic E-state index is 13.9. The Hall–Kier alpha value is -2.65. The third-order valence-electron chi connectivity index (χ3n) is 4.92. The highest BCUT2D eigenvalue weighted by Gasteiger charge is 2.26. The molecule has 2 heterocycles. The van der Waals surface area contributed by atoms with Crippen molar-refractivity contribution in [1.82, 2.24) is 14.8 Å². The summed E-state index contributed by atoms with van der Waals surface area (Å²) in [6.45, 7) is 2.82. The Bertz CT molecular complexity index is 1230. The van der Waals surface area contributed by atoms with Gasteiger partial charge in [0.1, 0.15) is 10.8 Å². The molecule has 0 amide bonds. The Morgan fingerprint density at radius 1 is 1.19 bits per heavy atom. The largest absolute Gasteiger partial charge is 0.506 e. The number of benzene rings is 2. The SMILES string of the molecule is CSc1ccc(NCc2nnc(-c3cc4c(C)cccc4n3CC(C)(F)F)s2)c(O)c1. The molecule has 2 aromatic carbocycles. The third-order valence-corrected chi connectivity index (χ3v) is 6.59. The fourth-order valence-electron chi connectivity index (χ4n) is 3.45. The van der Waals surface area contributed by atoms with E-state index >= 15 is 0 Å². The first-order chi connectivity index (χ1) is 14.7. The number of phenols is 1. The monoisotopic (exact) mass is 460 g/mol. The molecule has 0 saturated carbocycles. The van der Waals surface area contributed by atoms with Crippen LogP contribution in [-0.4, -0.2) is 32.0 Å². The predicted octanol–water partition coefficient (Wildman–Crippen LogP) is 6.16. The summed E-state index contributed by atoms with van der Waals surface area (Å²) in [4.78, 5) is 0.970. The van der Waals surface area contributed by atoms with E-state index in [-0.39, 0.29) is 5.75 Å². The summed E-state index contributed by atoms with van der Waals surface area (Å²) >= 11 is 2.89. The van der Waals surface area contributed by atoms with Gasteiger partial charge in [0.2, 0.25) is 0 Å². The van der Waals surface area contributed by atoms with Crippen molar-refractivity contribution in [2.75, 3.05) is 11.6 Å². The lowest BCUT2D eigenvalue weighted by atomic mass is 10.1. The minimum absolute atomic E-state index is 0.164. The number of aromatic hydroxyl groups is 1. The normalized spacial score (nSPS) is 11.9. The molecule has 31 heavy (non-hydrogen) atoms. The molecular formula is C22H22F2N4OS2. The summed E-state index contributed by atoms with van der Waals surface area (Å²) < 4.78 is 29.5. The molecule has 4 aromatic rings. The first-order valence-electron chi connectivity index (χ1n) is 9.65. The fourth-order valence-corrected chi connectivity index (χ4v) is 4.68. The van der Waals surface area contributed by atoms with Gasteiger partial charge in [-0.05, 0) is 49.1 Å². The molecule has 0 radical (unpaired) electrons. The highest BCUT2D eigenvalue weighted by Crippen LogP contribution is 2.34. The van der Waals surface area contributed by atoms with Gasteiger partial charge in [-0.2, -0.15) is 0 Å². The molecule has 2 aromatic heterocycles. The zero-order valence-corrected chi connectivity index (χ0v) is 18.9. The van der Waals surface area contributed by atoms with Crippen molar-refractivity contribution in [1.29, 1.82) is 0 Å². The minimum Gasteiger partial charge on any atom is -0.506 e. The Kier molecular flexibility index (Phi) is 5.90. The standard InChI is InChI=1S/C22H22F2N4OS2/c1-13-5-4-6-17-15(13)10-18(28(17)12-22(2,23)24)21-27-26-20(31-21)11-25-16-8-7-14(30-3)9-19(16)29/h4-10,25,29H,11-12H2,1-3H3. The molecule has 0 spiro atoms. The second-order valence-corrected chi connectivity index (χ2v) is 9.37. The summed E-state index contributed by atoms with van der Waals surface area (Å²) in [5.74, 6) is -2.70. The average Bonchev–Trinajstić information content (AvgIpc) is 3.31. The van der Waals surface area contributed by atoms with Crippen LogP contribution in [0.3, 0.4) is 0 Å². The van der Waals surface area contributed by atoms with E-state index in [0.717, 1.165) is 28.3 Å². The van der Waals surface area contributed by atoms with Crippen molar-refractivity contribution in [3.8, 4) is 16.5 Å². The van der Waals surface area contributed by atoms with Crippen LogP contribution < -0.4 is 5.32 Å². The molecular weight excluding hydrogens is 438 g/mol. The lowest BCUT2D eigenvalue weighted by Crippen LogP contribution is -2.19. The Balaban J connectivity index is 1.63. The summed E-state index contributed by atoms with van der Waals surface area (Å²) in [5.41, 5.74) is 3.00. The highest BCUT2D eigenvalue weighted by molar-refractivity contribution is 7.98. The smallest absolute Gasteiger partial charge is 0.262 e. The van der Waals surface area contributed by atoms with Gasteiger partial charge >= 0.3 is 0 Å². The first-order valence-corrected chi connectivity index (χ1v) is 11.7. The number of aryl methyl sites for hydroxylation is 1. The van der Waals surface area contributed by atoms with E-state index in [1.807, 2.05) is 49.6 Å². The molecule has 0 unspecified atom stereocenters. The van der Waals surface area contributed by atoms with E-state index in [1.54, 1.807) is 22.4 Å². The van der Waals surface area contributed by atoms with Crippen LogP contribution in [0, 0.1) is 6.92 Å². The van der Waals surface area contributed by atoms with Crippen LogP contribution in [0.4, 0.5) is 14.5 Å². The summed E-state index contributed by atoms with van der Waals surface area (Å²) in [7, 11) is 0. The van der Waals surface area contributed by atoms with Gasteiger partial charge < -0.3 is 15.0 Å². The number of nitrogens with zero attached hydrogens (tertiary/aromatic N) is 3. The van der Waals surface area contributed by atoms with Crippen molar-refractivity contribution in [2.45, 2.75) is 37.8 Å². The fraction of sp³-hybridized carbons (Fsp3) is 0.273. The quantitative estimate of drug-likeness (QED) is 0.255. The zero-order chi connectivity index (χ0) is 22.2. The average molecular weight is 461 g/mol. The molecule has 0 bridgehead atoms. The summed E-state index contributed by atoms with van der Waals surface area (Å²) in [6.07, 6.45) is 1.94. The van der Waals surface area contributed by atoms with Crippen molar-refractivity contribution < 1.29 is 13.9 Å². The lowest BCUT2D eigenvalue weighted by molar-refractivity contribution is 0.00549. The number of phenolic OH excluding ortho intramolecular Hbond substituents is 1. The molecule has 162 valence electrons. The van der Waals surface area contributed by atoms with Crippen LogP contribution in [0.1, 0.15) is 17.5 Å². The van der Waals surface area contributed by atoms with Gasteiger partial charge in [0, 0.05) is 22.7 Å². The maximum atomic E-state index is 13.9. The number of anilines is 1. The van der Waals surface area contributed by atoms with Crippen LogP contribution in [-0.2, 0) is 13.1 Å². The van der Waals surface area contributed by atoms with Crippen LogP contribution in [0.15, 0.2) is 47.4 Å². The number of halogens is 2. The lowest BCUT2D eigenvalue weighted by Gasteiger charge is -2.15. The van der Waals surface area contributed by atoms with Crippen LogP contribution in [0.5, 0.6) is 5.75 Å². The van der Waals surface area contributed by atoms with Gasteiger partial charge in [0.15, 0.2) is 5.01 Å². The number of hydrogen-bond donors (Lipinski definition) is 2. The van der Waals surface area contributed by atoms with Crippen LogP contribution in [0.2, 0.25) is 0 Å². The number of alkyl halides is 2. The van der Waals surface area contributed by atoms with E-state index in [0.29, 0.717) is 27.9 Å². The molecule has 0 fully saturated rings. The molecule has 0 aliphatic rings. The molecule has 5 nitrogen and oxygen atoms in total. The van der Waals surface area contributed by atoms with Gasteiger partial charge in [-0.3, -0.25) is 0 Å². The number of fused-ring (bicyclic) bond motifs is 1. The summed E-state index contributed by atoms with van der Waals surface area (Å²) in [6, 6.07) is 13.0. The molecule has 0 saturated heterocycles. The Labute approximate surface area is 187 Å². The van der Waals surface area contributed by atoms with Gasteiger partial charge in [0.05, 0.1) is 24.5 Å². The maximum Gasteiger partial charge on any atom is 0.262 e. The van der Waals surface area contributed by atoms with E-state index in [2.05, 4.69) is 15.5 Å². The van der Waals surface area contributed by atoms with E-state index in [1.165, 1.54) is 11.3 Å². The molecule has 0 aliphatic heterocycles.